The van der Waals surface area contributed by atoms with E-state index in [1.807, 2.05) is 26.8 Å². The lowest BCUT2D eigenvalue weighted by Gasteiger charge is -2.23. The van der Waals surface area contributed by atoms with E-state index in [2.05, 4.69) is 0 Å². The molecule has 0 fully saturated rings. The first-order chi connectivity index (χ1) is 9.40. The molecular formula is C15H23ClN2O2. The zero-order valence-corrected chi connectivity index (χ0v) is 13.3. The minimum Gasteiger partial charge on any atom is -0.479 e. The van der Waals surface area contributed by atoms with Crippen LogP contribution in [0.3, 0.4) is 0 Å². The fraction of sp³-hybridized carbons (Fsp3) is 0.533. The van der Waals surface area contributed by atoms with Crippen LogP contribution in [0.25, 0.3) is 0 Å². The van der Waals surface area contributed by atoms with Crippen molar-refractivity contribution < 1.29 is 9.53 Å². The summed E-state index contributed by atoms with van der Waals surface area (Å²) in [6, 6.07) is 5.31. The van der Waals surface area contributed by atoms with Gasteiger partial charge in [0.05, 0.1) is 5.02 Å². The van der Waals surface area contributed by atoms with Gasteiger partial charge in [0.2, 0.25) is 0 Å². The van der Waals surface area contributed by atoms with Crippen LogP contribution in [0.4, 0.5) is 0 Å². The summed E-state index contributed by atoms with van der Waals surface area (Å²) in [5.41, 5.74) is 6.73. The van der Waals surface area contributed by atoms with Gasteiger partial charge in [-0.05, 0) is 45.4 Å². The molecule has 2 atom stereocenters. The SMILES string of the molecule is CCN(CC)C(=O)C(C)Oc1ccc(C(C)N)cc1Cl. The Labute approximate surface area is 125 Å². The van der Waals surface area contributed by atoms with E-state index in [4.69, 9.17) is 22.1 Å². The topological polar surface area (TPSA) is 55.6 Å². The summed E-state index contributed by atoms with van der Waals surface area (Å²) < 4.78 is 5.66. The monoisotopic (exact) mass is 298 g/mol. The molecule has 0 aliphatic carbocycles. The standard InChI is InChI=1S/C15H23ClN2O2/c1-5-18(6-2)15(19)11(4)20-14-8-7-12(10(3)17)9-13(14)16/h7-11H,5-6,17H2,1-4H3. The number of likely N-dealkylation sites (N-methyl/N-ethyl adjacent to an activating group) is 1. The summed E-state index contributed by atoms with van der Waals surface area (Å²) in [4.78, 5) is 13.9. The van der Waals surface area contributed by atoms with E-state index in [1.54, 1.807) is 24.0 Å². The average Bonchev–Trinajstić information content (AvgIpc) is 2.41. The van der Waals surface area contributed by atoms with Crippen LogP contribution in [-0.4, -0.2) is 30.0 Å². The smallest absolute Gasteiger partial charge is 0.263 e. The molecule has 0 heterocycles. The third-order valence-electron chi connectivity index (χ3n) is 3.21. The molecule has 4 nitrogen and oxygen atoms in total. The lowest BCUT2D eigenvalue weighted by Crippen LogP contribution is -2.40. The van der Waals surface area contributed by atoms with Gasteiger partial charge in [-0.1, -0.05) is 17.7 Å². The molecule has 5 heteroatoms. The van der Waals surface area contributed by atoms with E-state index < -0.39 is 6.10 Å². The molecule has 2 N–H and O–H groups in total. The first-order valence-electron chi connectivity index (χ1n) is 6.91. The number of hydrogen-bond acceptors (Lipinski definition) is 3. The maximum absolute atomic E-state index is 12.1. The zero-order chi connectivity index (χ0) is 15.3. The van der Waals surface area contributed by atoms with Crippen LogP contribution >= 0.6 is 11.6 Å². The highest BCUT2D eigenvalue weighted by atomic mass is 35.5. The summed E-state index contributed by atoms with van der Waals surface area (Å²) in [5.74, 6) is 0.464. The summed E-state index contributed by atoms with van der Waals surface area (Å²) >= 11 is 6.16. The van der Waals surface area contributed by atoms with Crippen LogP contribution in [0.1, 0.15) is 39.3 Å². The van der Waals surface area contributed by atoms with Gasteiger partial charge < -0.3 is 15.4 Å². The molecule has 0 radical (unpaired) electrons. The third-order valence-corrected chi connectivity index (χ3v) is 3.50. The minimum absolute atomic E-state index is 0.0395. The van der Waals surface area contributed by atoms with Gasteiger partial charge in [-0.25, -0.2) is 0 Å². The van der Waals surface area contributed by atoms with Crippen molar-refractivity contribution in [2.24, 2.45) is 5.73 Å². The Balaban J connectivity index is 2.80. The van der Waals surface area contributed by atoms with Crippen molar-refractivity contribution in [1.82, 2.24) is 4.90 Å². The number of rotatable bonds is 6. The van der Waals surface area contributed by atoms with Gasteiger partial charge in [-0.2, -0.15) is 0 Å². The van der Waals surface area contributed by atoms with Crippen molar-refractivity contribution >= 4 is 17.5 Å². The molecule has 0 saturated carbocycles. The second kappa shape index (κ2) is 7.50. The highest BCUT2D eigenvalue weighted by molar-refractivity contribution is 6.32. The summed E-state index contributed by atoms with van der Waals surface area (Å²) in [6.45, 7) is 8.84. The highest BCUT2D eigenvalue weighted by Crippen LogP contribution is 2.28. The van der Waals surface area contributed by atoms with Crippen LogP contribution < -0.4 is 10.5 Å². The maximum atomic E-state index is 12.1. The normalized spacial score (nSPS) is 13.7. The molecule has 0 spiro atoms. The Bertz CT molecular complexity index is 459. The number of hydrogen-bond donors (Lipinski definition) is 1. The molecule has 0 aliphatic rings. The van der Waals surface area contributed by atoms with E-state index in [-0.39, 0.29) is 11.9 Å². The van der Waals surface area contributed by atoms with Gasteiger partial charge in [0, 0.05) is 19.1 Å². The Morgan fingerprint density at radius 1 is 1.35 bits per heavy atom. The summed E-state index contributed by atoms with van der Waals surface area (Å²) in [7, 11) is 0. The van der Waals surface area contributed by atoms with Crippen LogP contribution in [0.5, 0.6) is 5.75 Å². The van der Waals surface area contributed by atoms with E-state index in [1.165, 1.54) is 0 Å². The number of ether oxygens (including phenoxy) is 1. The molecule has 2 unspecified atom stereocenters. The Morgan fingerprint density at radius 3 is 2.40 bits per heavy atom. The largest absolute Gasteiger partial charge is 0.479 e. The lowest BCUT2D eigenvalue weighted by molar-refractivity contribution is -0.137. The molecule has 1 aromatic carbocycles. The second-order valence-electron chi connectivity index (χ2n) is 4.75. The number of carbonyl (C=O) groups excluding carboxylic acids is 1. The molecule has 0 aliphatic heterocycles. The predicted molar refractivity (Wildman–Crippen MR) is 82.1 cm³/mol. The molecule has 1 aromatic rings. The molecular weight excluding hydrogens is 276 g/mol. The Kier molecular flexibility index (Phi) is 6.30. The van der Waals surface area contributed by atoms with Gasteiger partial charge in [0.25, 0.3) is 5.91 Å². The van der Waals surface area contributed by atoms with Crippen LogP contribution in [0.2, 0.25) is 5.02 Å². The van der Waals surface area contributed by atoms with E-state index in [0.717, 1.165) is 5.56 Å². The molecule has 0 aromatic heterocycles. The fourth-order valence-corrected chi connectivity index (χ4v) is 2.16. The number of nitrogens with zero attached hydrogens (tertiary/aromatic N) is 1. The van der Waals surface area contributed by atoms with Crippen LogP contribution in [-0.2, 0) is 4.79 Å². The number of benzene rings is 1. The van der Waals surface area contributed by atoms with Crippen molar-refractivity contribution in [3.63, 3.8) is 0 Å². The predicted octanol–water partition coefficient (Wildman–Crippen LogP) is 3.00. The highest BCUT2D eigenvalue weighted by Gasteiger charge is 2.20. The third kappa shape index (κ3) is 4.12. The minimum atomic E-state index is -0.562. The van der Waals surface area contributed by atoms with Gasteiger partial charge in [0.15, 0.2) is 6.10 Å². The van der Waals surface area contributed by atoms with Crippen molar-refractivity contribution in [2.45, 2.75) is 39.8 Å². The summed E-state index contributed by atoms with van der Waals surface area (Å²) in [5, 5.41) is 0.471. The zero-order valence-electron chi connectivity index (χ0n) is 12.5. The van der Waals surface area contributed by atoms with E-state index >= 15 is 0 Å². The number of halogens is 1. The van der Waals surface area contributed by atoms with Crippen molar-refractivity contribution in [1.29, 1.82) is 0 Å². The van der Waals surface area contributed by atoms with Gasteiger partial charge in [-0.3, -0.25) is 4.79 Å². The van der Waals surface area contributed by atoms with Crippen LogP contribution in [0, 0.1) is 0 Å². The van der Waals surface area contributed by atoms with Crippen LogP contribution in [0.15, 0.2) is 18.2 Å². The Morgan fingerprint density at radius 2 is 1.95 bits per heavy atom. The molecule has 1 amide bonds. The molecule has 0 saturated heterocycles. The molecule has 112 valence electrons. The lowest BCUT2D eigenvalue weighted by atomic mass is 10.1. The number of carbonyl (C=O) groups is 1. The molecule has 0 bridgehead atoms. The Hall–Kier alpha value is -1.26. The first kappa shape index (κ1) is 16.8. The number of nitrogens with two attached hydrogens (primary N) is 1. The van der Waals surface area contributed by atoms with Gasteiger partial charge in [-0.15, -0.1) is 0 Å². The average molecular weight is 299 g/mol. The first-order valence-corrected chi connectivity index (χ1v) is 7.28. The van der Waals surface area contributed by atoms with Crippen molar-refractivity contribution in [3.05, 3.63) is 28.8 Å². The fourth-order valence-electron chi connectivity index (χ4n) is 1.93. The van der Waals surface area contributed by atoms with Gasteiger partial charge >= 0.3 is 0 Å². The maximum Gasteiger partial charge on any atom is 0.263 e. The quantitative estimate of drug-likeness (QED) is 0.878. The second-order valence-corrected chi connectivity index (χ2v) is 5.16. The van der Waals surface area contributed by atoms with E-state index in [0.29, 0.717) is 23.9 Å². The summed E-state index contributed by atoms with van der Waals surface area (Å²) in [6.07, 6.45) is -0.562. The van der Waals surface area contributed by atoms with Crippen molar-refractivity contribution in [2.75, 3.05) is 13.1 Å². The van der Waals surface area contributed by atoms with E-state index in [9.17, 15) is 4.79 Å². The molecule has 20 heavy (non-hydrogen) atoms. The molecule has 1 rings (SSSR count). The number of amides is 1. The van der Waals surface area contributed by atoms with Crippen molar-refractivity contribution in [3.8, 4) is 5.75 Å². The van der Waals surface area contributed by atoms with Gasteiger partial charge in [0.1, 0.15) is 5.75 Å².